The van der Waals surface area contributed by atoms with Gasteiger partial charge in [-0.1, -0.05) is 0 Å². The minimum atomic E-state index is 0.0909. The SMILES string of the molecule is N#Cc1cc(-c2ccnc(Cc3cnn(C4CCNCC4)c3)n2)ccc1OC1CCOCC1. The fourth-order valence-electron chi connectivity index (χ4n) is 4.42. The van der Waals surface area contributed by atoms with Gasteiger partial charge in [-0.25, -0.2) is 9.97 Å². The minimum Gasteiger partial charge on any atom is -0.489 e. The zero-order valence-corrected chi connectivity index (χ0v) is 18.6. The summed E-state index contributed by atoms with van der Waals surface area (Å²) in [6.07, 6.45) is 10.4. The topological polar surface area (TPSA) is 97.9 Å². The van der Waals surface area contributed by atoms with Crippen LogP contribution in [0.25, 0.3) is 11.3 Å². The largest absolute Gasteiger partial charge is 0.489 e. The lowest BCUT2D eigenvalue weighted by Gasteiger charge is -2.23. The second-order valence-electron chi connectivity index (χ2n) is 8.60. The molecular formula is C25H28N6O2. The van der Waals surface area contributed by atoms with Crippen LogP contribution < -0.4 is 10.1 Å². The van der Waals surface area contributed by atoms with Gasteiger partial charge in [0.25, 0.3) is 0 Å². The van der Waals surface area contributed by atoms with Crippen molar-refractivity contribution in [2.75, 3.05) is 26.3 Å². The number of nitrogens with one attached hydrogen (secondary N) is 1. The number of hydrogen-bond acceptors (Lipinski definition) is 7. The summed E-state index contributed by atoms with van der Waals surface area (Å²) in [5.41, 5.74) is 3.28. The molecule has 1 aromatic carbocycles. The molecule has 4 heterocycles. The van der Waals surface area contributed by atoms with Gasteiger partial charge in [0.15, 0.2) is 0 Å². The molecule has 2 fully saturated rings. The molecule has 3 aromatic rings. The fraction of sp³-hybridized carbons (Fsp3) is 0.440. The first-order valence-corrected chi connectivity index (χ1v) is 11.6. The molecule has 1 N–H and O–H groups in total. The Morgan fingerprint density at radius 1 is 1.15 bits per heavy atom. The summed E-state index contributed by atoms with van der Waals surface area (Å²) in [6, 6.07) is 10.3. The number of hydrogen-bond donors (Lipinski definition) is 1. The molecule has 2 aromatic heterocycles. The first-order valence-electron chi connectivity index (χ1n) is 11.6. The third-order valence-electron chi connectivity index (χ3n) is 6.26. The van der Waals surface area contributed by atoms with Crippen molar-refractivity contribution in [2.24, 2.45) is 0 Å². The Kier molecular flexibility index (Phi) is 6.61. The predicted octanol–water partition coefficient (Wildman–Crippen LogP) is 3.28. The number of ether oxygens (including phenoxy) is 2. The number of nitriles is 1. The van der Waals surface area contributed by atoms with Crippen molar-refractivity contribution in [1.29, 1.82) is 5.26 Å². The first kappa shape index (κ1) is 21.6. The molecule has 2 aliphatic heterocycles. The van der Waals surface area contributed by atoms with Crippen LogP contribution in [0.15, 0.2) is 42.9 Å². The van der Waals surface area contributed by atoms with Crippen molar-refractivity contribution < 1.29 is 9.47 Å². The molecule has 2 saturated heterocycles. The summed E-state index contributed by atoms with van der Waals surface area (Å²) in [5.74, 6) is 1.35. The highest BCUT2D eigenvalue weighted by molar-refractivity contribution is 5.64. The highest BCUT2D eigenvalue weighted by atomic mass is 16.5. The van der Waals surface area contributed by atoms with Crippen molar-refractivity contribution in [1.82, 2.24) is 25.1 Å². The van der Waals surface area contributed by atoms with Crippen molar-refractivity contribution in [3.05, 3.63) is 59.8 Å². The molecule has 0 amide bonds. The van der Waals surface area contributed by atoms with E-state index < -0.39 is 0 Å². The average Bonchev–Trinajstić information content (AvgIpc) is 3.34. The van der Waals surface area contributed by atoms with Crippen LogP contribution in [0.4, 0.5) is 0 Å². The molecule has 0 atom stereocenters. The average molecular weight is 445 g/mol. The Hall–Kier alpha value is -3.28. The molecule has 0 unspecified atom stereocenters. The number of nitrogens with zero attached hydrogens (tertiary/aromatic N) is 5. The van der Waals surface area contributed by atoms with E-state index >= 15 is 0 Å². The Labute approximate surface area is 193 Å². The number of aromatic nitrogens is 4. The highest BCUT2D eigenvalue weighted by Gasteiger charge is 2.18. The molecule has 8 nitrogen and oxygen atoms in total. The summed E-state index contributed by atoms with van der Waals surface area (Å²) in [7, 11) is 0. The van der Waals surface area contributed by atoms with E-state index in [2.05, 4.69) is 32.3 Å². The van der Waals surface area contributed by atoms with Crippen LogP contribution >= 0.6 is 0 Å². The standard InChI is InChI=1S/C25H28N6O2/c26-15-20-14-19(1-2-24(20)33-22-6-11-32-12-7-22)23-5-10-28-25(30-23)13-18-16-29-31(17-18)21-3-8-27-9-4-21/h1-2,5,10,14,16-17,21-22,27H,3-4,6-9,11-13H2. The summed E-state index contributed by atoms with van der Waals surface area (Å²) in [4.78, 5) is 9.22. The first-order chi connectivity index (χ1) is 16.3. The van der Waals surface area contributed by atoms with Gasteiger partial charge in [-0.05, 0) is 55.8 Å². The second-order valence-corrected chi connectivity index (χ2v) is 8.60. The van der Waals surface area contributed by atoms with Gasteiger partial charge < -0.3 is 14.8 Å². The van der Waals surface area contributed by atoms with Crippen LogP contribution in [0, 0.1) is 11.3 Å². The maximum absolute atomic E-state index is 9.68. The third-order valence-corrected chi connectivity index (χ3v) is 6.26. The molecule has 0 saturated carbocycles. The Bertz CT molecular complexity index is 1130. The molecule has 8 heteroatoms. The van der Waals surface area contributed by atoms with Crippen LogP contribution in [0.1, 0.15) is 48.7 Å². The van der Waals surface area contributed by atoms with E-state index in [0.717, 1.165) is 61.4 Å². The Balaban J connectivity index is 1.30. The lowest BCUT2D eigenvalue weighted by molar-refractivity contribution is 0.0254. The van der Waals surface area contributed by atoms with Crippen molar-refractivity contribution >= 4 is 0 Å². The lowest BCUT2D eigenvalue weighted by Crippen LogP contribution is -2.29. The van der Waals surface area contributed by atoms with Crippen LogP contribution in [0.3, 0.4) is 0 Å². The van der Waals surface area contributed by atoms with E-state index in [-0.39, 0.29) is 6.10 Å². The van der Waals surface area contributed by atoms with Crippen LogP contribution in [0.2, 0.25) is 0 Å². The Morgan fingerprint density at radius 3 is 2.82 bits per heavy atom. The van der Waals surface area contributed by atoms with Crippen molar-refractivity contribution in [2.45, 2.75) is 44.2 Å². The van der Waals surface area contributed by atoms with Gasteiger partial charge in [0, 0.05) is 37.2 Å². The highest BCUT2D eigenvalue weighted by Crippen LogP contribution is 2.28. The minimum absolute atomic E-state index is 0.0909. The quantitative estimate of drug-likeness (QED) is 0.623. The Morgan fingerprint density at radius 2 is 2.00 bits per heavy atom. The van der Waals surface area contributed by atoms with E-state index in [4.69, 9.17) is 14.5 Å². The summed E-state index contributed by atoms with van der Waals surface area (Å²) in [6.45, 7) is 3.47. The zero-order chi connectivity index (χ0) is 22.5. The smallest absolute Gasteiger partial charge is 0.137 e. The van der Waals surface area contributed by atoms with Gasteiger partial charge >= 0.3 is 0 Å². The molecule has 2 aliphatic rings. The van der Waals surface area contributed by atoms with Crippen LogP contribution in [-0.4, -0.2) is 52.2 Å². The zero-order valence-electron chi connectivity index (χ0n) is 18.6. The molecule has 0 spiro atoms. The maximum atomic E-state index is 9.68. The van der Waals surface area contributed by atoms with E-state index in [1.165, 1.54) is 0 Å². The van der Waals surface area contributed by atoms with Crippen molar-refractivity contribution in [3.63, 3.8) is 0 Å². The molecule has 170 valence electrons. The molecule has 0 bridgehead atoms. The van der Waals surface area contributed by atoms with E-state index in [0.29, 0.717) is 37.0 Å². The summed E-state index contributed by atoms with van der Waals surface area (Å²) >= 11 is 0. The van der Waals surface area contributed by atoms with Crippen LogP contribution in [-0.2, 0) is 11.2 Å². The normalized spacial score (nSPS) is 17.5. The van der Waals surface area contributed by atoms with Gasteiger partial charge in [0.2, 0.25) is 0 Å². The fourth-order valence-corrected chi connectivity index (χ4v) is 4.42. The molecular weight excluding hydrogens is 416 g/mol. The summed E-state index contributed by atoms with van der Waals surface area (Å²) in [5, 5.41) is 17.6. The second kappa shape index (κ2) is 10.1. The van der Waals surface area contributed by atoms with Gasteiger partial charge in [-0.15, -0.1) is 0 Å². The van der Waals surface area contributed by atoms with Crippen LogP contribution in [0.5, 0.6) is 5.75 Å². The molecule has 33 heavy (non-hydrogen) atoms. The monoisotopic (exact) mass is 444 g/mol. The number of piperidine rings is 1. The predicted molar refractivity (Wildman–Crippen MR) is 123 cm³/mol. The van der Waals surface area contributed by atoms with Gasteiger partial charge in [0.1, 0.15) is 23.7 Å². The molecule has 0 radical (unpaired) electrons. The maximum Gasteiger partial charge on any atom is 0.137 e. The van der Waals surface area contributed by atoms with E-state index in [1.807, 2.05) is 30.5 Å². The van der Waals surface area contributed by atoms with Gasteiger partial charge in [-0.2, -0.15) is 10.4 Å². The van der Waals surface area contributed by atoms with E-state index in [9.17, 15) is 5.26 Å². The van der Waals surface area contributed by atoms with Crippen molar-refractivity contribution in [3.8, 4) is 23.1 Å². The lowest BCUT2D eigenvalue weighted by atomic mass is 10.1. The third kappa shape index (κ3) is 5.21. The molecule has 5 rings (SSSR count). The van der Waals surface area contributed by atoms with Gasteiger partial charge in [-0.3, -0.25) is 4.68 Å². The number of rotatable bonds is 6. The van der Waals surface area contributed by atoms with Gasteiger partial charge in [0.05, 0.1) is 36.7 Å². The van der Waals surface area contributed by atoms with E-state index in [1.54, 1.807) is 6.20 Å². The molecule has 0 aliphatic carbocycles. The summed E-state index contributed by atoms with van der Waals surface area (Å²) < 4.78 is 13.5. The number of benzene rings is 1.